The first kappa shape index (κ1) is 18.7. The lowest BCUT2D eigenvalue weighted by atomic mass is 10.0. The second kappa shape index (κ2) is 7.96. The topological polar surface area (TPSA) is 104 Å². The Balaban J connectivity index is 2.27. The third-order valence-electron chi connectivity index (χ3n) is 3.68. The number of alkyl carbamates (subject to hydrolysis) is 1. The molecule has 2 heterocycles. The van der Waals surface area contributed by atoms with Gasteiger partial charge in [0.1, 0.15) is 11.3 Å². The van der Waals surface area contributed by atoms with Crippen LogP contribution < -0.4 is 5.32 Å². The fourth-order valence-corrected chi connectivity index (χ4v) is 2.60. The maximum absolute atomic E-state index is 12.9. The van der Waals surface area contributed by atoms with E-state index in [1.165, 1.54) is 12.4 Å². The summed E-state index contributed by atoms with van der Waals surface area (Å²) >= 11 is 0. The molecule has 8 heteroatoms. The second-order valence-corrected chi connectivity index (χ2v) is 6.83. The molecule has 1 aromatic rings. The Morgan fingerprint density at radius 1 is 1.28 bits per heavy atom. The number of nitrogens with zero attached hydrogens (tertiary/aromatic N) is 3. The summed E-state index contributed by atoms with van der Waals surface area (Å²) < 4.78 is 5.24. The van der Waals surface area contributed by atoms with E-state index in [4.69, 9.17) is 4.74 Å². The molecular formula is C17H24N4O4. The van der Waals surface area contributed by atoms with E-state index < -0.39 is 17.7 Å². The molecule has 0 spiro atoms. The third-order valence-corrected chi connectivity index (χ3v) is 3.68. The Morgan fingerprint density at radius 3 is 2.40 bits per heavy atom. The summed E-state index contributed by atoms with van der Waals surface area (Å²) in [6.07, 6.45) is 4.11. The fraction of sp³-hybridized carbons (Fsp3) is 0.529. The van der Waals surface area contributed by atoms with Gasteiger partial charge in [0.2, 0.25) is 0 Å². The van der Waals surface area contributed by atoms with Crippen molar-refractivity contribution in [2.24, 2.45) is 5.16 Å². The third kappa shape index (κ3) is 5.17. The average molecular weight is 348 g/mol. The van der Waals surface area contributed by atoms with Crippen molar-refractivity contribution in [1.29, 1.82) is 0 Å². The molecule has 0 bridgehead atoms. The normalized spacial score (nSPS) is 16.4. The molecule has 1 unspecified atom stereocenters. The fourth-order valence-electron chi connectivity index (χ4n) is 2.60. The van der Waals surface area contributed by atoms with Crippen molar-refractivity contribution in [3.63, 3.8) is 0 Å². The molecule has 1 aliphatic heterocycles. The molecule has 2 rings (SSSR count). The molecule has 1 aromatic heterocycles. The molecule has 1 saturated heterocycles. The van der Waals surface area contributed by atoms with Gasteiger partial charge in [-0.25, -0.2) is 4.79 Å². The number of carbonyl (C=O) groups is 2. The largest absolute Gasteiger partial charge is 0.444 e. The number of hydrogen-bond acceptors (Lipinski definition) is 6. The number of rotatable bonds is 4. The van der Waals surface area contributed by atoms with Crippen LogP contribution in [0.2, 0.25) is 0 Å². The van der Waals surface area contributed by atoms with Crippen LogP contribution in [0.3, 0.4) is 0 Å². The lowest BCUT2D eigenvalue weighted by Crippen LogP contribution is -2.53. The number of aromatic nitrogens is 1. The van der Waals surface area contributed by atoms with Crippen LogP contribution in [0.4, 0.5) is 4.79 Å². The highest BCUT2D eigenvalue weighted by Crippen LogP contribution is 2.14. The molecule has 2 amide bonds. The summed E-state index contributed by atoms with van der Waals surface area (Å²) in [5.74, 6) is -0.326. The Bertz CT molecular complexity index is 634. The number of nitrogens with one attached hydrogen (secondary N) is 1. The highest BCUT2D eigenvalue weighted by molar-refractivity contribution is 6.17. The van der Waals surface area contributed by atoms with Crippen LogP contribution in [0.1, 0.15) is 39.2 Å². The van der Waals surface area contributed by atoms with Gasteiger partial charge in [-0.3, -0.25) is 9.78 Å². The van der Waals surface area contributed by atoms with Gasteiger partial charge in [0.25, 0.3) is 5.91 Å². The Hall–Kier alpha value is -2.64. The van der Waals surface area contributed by atoms with Crippen LogP contribution in [-0.2, 0) is 9.53 Å². The molecule has 1 aliphatic rings. The molecule has 1 fully saturated rings. The van der Waals surface area contributed by atoms with Crippen molar-refractivity contribution >= 4 is 17.7 Å². The van der Waals surface area contributed by atoms with E-state index in [-0.39, 0.29) is 11.6 Å². The molecule has 0 aliphatic carbocycles. The van der Waals surface area contributed by atoms with Crippen LogP contribution in [0, 0.1) is 0 Å². The minimum atomic E-state index is -1.14. The van der Waals surface area contributed by atoms with Crippen molar-refractivity contribution in [2.45, 2.75) is 45.3 Å². The van der Waals surface area contributed by atoms with Crippen molar-refractivity contribution in [3.05, 3.63) is 30.1 Å². The molecule has 25 heavy (non-hydrogen) atoms. The molecule has 1 atom stereocenters. The van der Waals surface area contributed by atoms with Gasteiger partial charge in [0.15, 0.2) is 6.04 Å². The summed E-state index contributed by atoms with van der Waals surface area (Å²) in [6.45, 7) is 6.41. The monoisotopic (exact) mass is 348 g/mol. The first-order chi connectivity index (χ1) is 11.8. The van der Waals surface area contributed by atoms with E-state index in [1.54, 1.807) is 37.8 Å². The van der Waals surface area contributed by atoms with Crippen molar-refractivity contribution < 1.29 is 19.5 Å². The highest BCUT2D eigenvalue weighted by Gasteiger charge is 2.34. The van der Waals surface area contributed by atoms with Gasteiger partial charge in [0, 0.05) is 31.0 Å². The molecule has 8 nitrogen and oxygen atoms in total. The number of carbonyl (C=O) groups excluding carboxylic acids is 2. The quantitative estimate of drug-likeness (QED) is 0.490. The van der Waals surface area contributed by atoms with E-state index >= 15 is 0 Å². The summed E-state index contributed by atoms with van der Waals surface area (Å²) in [5.41, 5.74) is -0.172. The zero-order chi connectivity index (χ0) is 18.4. The van der Waals surface area contributed by atoms with Gasteiger partial charge in [0.05, 0.1) is 0 Å². The van der Waals surface area contributed by atoms with Crippen molar-refractivity contribution in [2.75, 3.05) is 13.1 Å². The van der Waals surface area contributed by atoms with Crippen LogP contribution >= 0.6 is 0 Å². The van der Waals surface area contributed by atoms with Crippen molar-refractivity contribution in [1.82, 2.24) is 15.2 Å². The van der Waals surface area contributed by atoms with E-state index in [1.807, 2.05) is 0 Å². The second-order valence-electron chi connectivity index (χ2n) is 6.83. The standard InChI is InChI=1S/C17H24N4O4/c1-17(2,3)25-16(23)19-14(15(22)21-10-4-5-11-21)13(20-24)12-6-8-18-9-7-12/h6-9,14,24H,4-5,10-11H2,1-3H3,(H,19,23). The molecule has 0 saturated carbocycles. The molecule has 0 aromatic carbocycles. The van der Waals surface area contributed by atoms with Crippen LogP contribution in [0.5, 0.6) is 0 Å². The lowest BCUT2D eigenvalue weighted by molar-refractivity contribution is -0.130. The van der Waals surface area contributed by atoms with Crippen molar-refractivity contribution in [3.8, 4) is 0 Å². The summed E-state index contributed by atoms with van der Waals surface area (Å²) in [7, 11) is 0. The minimum absolute atomic E-state index is 0.0464. The van der Waals surface area contributed by atoms with Gasteiger partial charge in [-0.2, -0.15) is 0 Å². The first-order valence-electron chi connectivity index (χ1n) is 8.22. The van der Waals surface area contributed by atoms with Crippen LogP contribution in [-0.4, -0.2) is 57.5 Å². The SMILES string of the molecule is CC(C)(C)OC(=O)NC(C(=O)N1CCCC1)C(=NO)c1ccncc1. The maximum Gasteiger partial charge on any atom is 0.408 e. The van der Waals surface area contributed by atoms with Crippen LogP contribution in [0.25, 0.3) is 0 Å². The van der Waals surface area contributed by atoms with Gasteiger partial charge in [-0.05, 0) is 45.7 Å². The predicted molar refractivity (Wildman–Crippen MR) is 91.5 cm³/mol. The smallest absolute Gasteiger partial charge is 0.408 e. The summed E-state index contributed by atoms with van der Waals surface area (Å²) in [6, 6.07) is 2.08. The number of amides is 2. The van der Waals surface area contributed by atoms with E-state index in [9.17, 15) is 14.8 Å². The Morgan fingerprint density at radius 2 is 1.88 bits per heavy atom. The van der Waals surface area contributed by atoms with Gasteiger partial charge in [-0.15, -0.1) is 0 Å². The average Bonchev–Trinajstić information content (AvgIpc) is 3.07. The number of likely N-dealkylation sites (tertiary alicyclic amines) is 1. The minimum Gasteiger partial charge on any atom is -0.444 e. The number of oxime groups is 1. The number of pyridine rings is 1. The van der Waals surface area contributed by atoms with E-state index in [2.05, 4.69) is 15.5 Å². The molecule has 0 radical (unpaired) electrons. The highest BCUT2D eigenvalue weighted by atomic mass is 16.6. The van der Waals surface area contributed by atoms with E-state index in [0.29, 0.717) is 18.7 Å². The van der Waals surface area contributed by atoms with Gasteiger partial charge < -0.3 is 20.2 Å². The number of ether oxygens (including phenoxy) is 1. The predicted octanol–water partition coefficient (Wildman–Crippen LogP) is 1.78. The number of hydrogen-bond donors (Lipinski definition) is 2. The Labute approximate surface area is 146 Å². The first-order valence-corrected chi connectivity index (χ1v) is 8.22. The van der Waals surface area contributed by atoms with Gasteiger partial charge >= 0.3 is 6.09 Å². The van der Waals surface area contributed by atoms with Crippen LogP contribution in [0.15, 0.2) is 29.7 Å². The Kier molecular flexibility index (Phi) is 5.95. The summed E-state index contributed by atoms with van der Waals surface area (Å²) in [4.78, 5) is 30.6. The lowest BCUT2D eigenvalue weighted by Gasteiger charge is -2.26. The molecule has 2 N–H and O–H groups in total. The molecular weight excluding hydrogens is 324 g/mol. The van der Waals surface area contributed by atoms with Gasteiger partial charge in [-0.1, -0.05) is 5.16 Å². The summed E-state index contributed by atoms with van der Waals surface area (Å²) in [5, 5.41) is 15.3. The zero-order valence-electron chi connectivity index (χ0n) is 14.7. The maximum atomic E-state index is 12.9. The molecule has 136 valence electrons. The van der Waals surface area contributed by atoms with E-state index in [0.717, 1.165) is 12.8 Å². The zero-order valence-corrected chi connectivity index (χ0v) is 14.7.